The third-order valence-electron chi connectivity index (χ3n) is 2.97. The van der Waals surface area contributed by atoms with Gasteiger partial charge in [-0.15, -0.1) is 0 Å². The van der Waals surface area contributed by atoms with Gasteiger partial charge in [0.25, 0.3) is 0 Å². The van der Waals surface area contributed by atoms with Crippen LogP contribution in [0.25, 0.3) is 0 Å². The lowest BCUT2D eigenvalue weighted by Crippen LogP contribution is -2.18. The van der Waals surface area contributed by atoms with Crippen molar-refractivity contribution in [2.75, 3.05) is 5.75 Å². The first-order valence-corrected chi connectivity index (χ1v) is 8.18. The van der Waals surface area contributed by atoms with Gasteiger partial charge in [0.2, 0.25) is 0 Å². The van der Waals surface area contributed by atoms with Gasteiger partial charge in [0.15, 0.2) is 5.12 Å². The van der Waals surface area contributed by atoms with Crippen molar-refractivity contribution >= 4 is 16.9 Å². The number of carbonyl (C=O) groups excluding carboxylic acids is 1. The van der Waals surface area contributed by atoms with Gasteiger partial charge < -0.3 is 0 Å². The average molecular weight is 289 g/mol. The van der Waals surface area contributed by atoms with Gasteiger partial charge in [-0.25, -0.2) is 0 Å². The van der Waals surface area contributed by atoms with Crippen molar-refractivity contribution in [2.24, 2.45) is 16.7 Å². The normalized spacial score (nSPS) is 13.8. The highest BCUT2D eigenvalue weighted by Crippen LogP contribution is 2.33. The second-order valence-corrected chi connectivity index (χ2v) is 8.84. The molecule has 0 aliphatic carbocycles. The second kappa shape index (κ2) is 9.05. The molecule has 0 aromatic rings. The minimum atomic E-state index is 0. The lowest BCUT2D eigenvalue weighted by molar-refractivity contribution is -0.110. The Bertz CT molecular complexity index is 245. The number of hydrogen-bond acceptors (Lipinski definition) is 2. The predicted octanol–water partition coefficient (Wildman–Crippen LogP) is 6.17. The van der Waals surface area contributed by atoms with E-state index in [2.05, 4.69) is 41.5 Å². The molecule has 116 valence electrons. The fourth-order valence-corrected chi connectivity index (χ4v) is 2.97. The molecule has 0 aromatic heterocycles. The molecular formula is C17H36OS. The van der Waals surface area contributed by atoms with Crippen LogP contribution in [0.15, 0.2) is 0 Å². The predicted molar refractivity (Wildman–Crippen MR) is 90.7 cm³/mol. The number of thioether (sulfide) groups is 1. The summed E-state index contributed by atoms with van der Waals surface area (Å²) in [4.78, 5) is 11.4. The standard InChI is InChI=1S/C16H32OS.CH4/c1-8-14(17)18-12-13(11-16(5,6)7)9-10-15(2,3)4;/h13H,8-12H2,1-7H3;1H4. The van der Waals surface area contributed by atoms with E-state index in [1.54, 1.807) is 0 Å². The maximum atomic E-state index is 11.4. The zero-order valence-corrected chi connectivity index (χ0v) is 14.2. The molecule has 1 atom stereocenters. The van der Waals surface area contributed by atoms with Crippen LogP contribution < -0.4 is 0 Å². The molecule has 0 aliphatic rings. The molecule has 0 saturated carbocycles. The maximum absolute atomic E-state index is 11.4. The Hall–Kier alpha value is 0.0200. The Morgan fingerprint density at radius 3 is 1.95 bits per heavy atom. The number of hydrogen-bond donors (Lipinski definition) is 0. The molecule has 0 radical (unpaired) electrons. The van der Waals surface area contributed by atoms with Crippen LogP contribution in [0.3, 0.4) is 0 Å². The molecule has 0 fully saturated rings. The smallest absolute Gasteiger partial charge is 0.188 e. The first-order chi connectivity index (χ1) is 8.03. The number of rotatable bonds is 6. The van der Waals surface area contributed by atoms with E-state index in [0.717, 1.165) is 5.75 Å². The molecular weight excluding hydrogens is 252 g/mol. The zero-order valence-electron chi connectivity index (χ0n) is 13.4. The van der Waals surface area contributed by atoms with Gasteiger partial charge in [0.05, 0.1) is 0 Å². The topological polar surface area (TPSA) is 17.1 Å². The summed E-state index contributed by atoms with van der Waals surface area (Å²) in [5.74, 6) is 1.67. The van der Waals surface area contributed by atoms with Crippen LogP contribution in [0.4, 0.5) is 0 Å². The van der Waals surface area contributed by atoms with Gasteiger partial charge in [-0.05, 0) is 36.0 Å². The second-order valence-electron chi connectivity index (χ2n) is 7.77. The lowest BCUT2D eigenvalue weighted by Gasteiger charge is -2.28. The van der Waals surface area contributed by atoms with Crippen molar-refractivity contribution in [3.05, 3.63) is 0 Å². The molecule has 0 aliphatic heterocycles. The molecule has 0 amide bonds. The summed E-state index contributed by atoms with van der Waals surface area (Å²) in [5, 5.41) is 0.338. The van der Waals surface area contributed by atoms with Crippen molar-refractivity contribution in [3.63, 3.8) is 0 Å². The molecule has 0 N–H and O–H groups in total. The van der Waals surface area contributed by atoms with Crippen LogP contribution in [0.5, 0.6) is 0 Å². The SMILES string of the molecule is C.CCC(=O)SCC(CCC(C)(C)C)CC(C)(C)C. The Morgan fingerprint density at radius 1 is 1.05 bits per heavy atom. The molecule has 0 heterocycles. The molecule has 1 nitrogen and oxygen atoms in total. The zero-order chi connectivity index (χ0) is 14.4. The van der Waals surface area contributed by atoms with Crippen molar-refractivity contribution in [1.29, 1.82) is 0 Å². The van der Waals surface area contributed by atoms with Gasteiger partial charge in [0.1, 0.15) is 0 Å². The summed E-state index contributed by atoms with van der Waals surface area (Å²) < 4.78 is 0. The summed E-state index contributed by atoms with van der Waals surface area (Å²) in [6.45, 7) is 15.7. The molecule has 0 bridgehead atoms. The molecule has 0 spiro atoms. The van der Waals surface area contributed by atoms with Crippen molar-refractivity contribution in [3.8, 4) is 0 Å². The summed E-state index contributed by atoms with van der Waals surface area (Å²) >= 11 is 1.54. The molecule has 0 aromatic carbocycles. The highest BCUT2D eigenvalue weighted by Gasteiger charge is 2.21. The third-order valence-corrected chi connectivity index (χ3v) is 4.22. The van der Waals surface area contributed by atoms with Crippen LogP contribution in [-0.2, 0) is 4.79 Å². The van der Waals surface area contributed by atoms with Crippen LogP contribution in [-0.4, -0.2) is 10.9 Å². The van der Waals surface area contributed by atoms with Gasteiger partial charge in [-0.1, -0.05) is 67.7 Å². The third kappa shape index (κ3) is 14.2. The van der Waals surface area contributed by atoms with E-state index >= 15 is 0 Å². The fourth-order valence-electron chi connectivity index (χ4n) is 2.06. The average Bonchev–Trinajstić information content (AvgIpc) is 2.18. The van der Waals surface area contributed by atoms with Gasteiger partial charge in [0, 0.05) is 12.2 Å². The Morgan fingerprint density at radius 2 is 1.58 bits per heavy atom. The summed E-state index contributed by atoms with van der Waals surface area (Å²) in [6.07, 6.45) is 4.36. The summed E-state index contributed by atoms with van der Waals surface area (Å²) in [5.41, 5.74) is 0.758. The monoisotopic (exact) mass is 288 g/mol. The molecule has 2 heteroatoms. The maximum Gasteiger partial charge on any atom is 0.188 e. The first-order valence-electron chi connectivity index (χ1n) is 7.19. The van der Waals surface area contributed by atoms with E-state index < -0.39 is 0 Å². The fraction of sp³-hybridized carbons (Fsp3) is 0.941. The molecule has 1 unspecified atom stereocenters. The van der Waals surface area contributed by atoms with Crippen LogP contribution in [0, 0.1) is 16.7 Å². The van der Waals surface area contributed by atoms with Gasteiger partial charge in [-0.2, -0.15) is 0 Å². The van der Waals surface area contributed by atoms with E-state index in [9.17, 15) is 4.79 Å². The van der Waals surface area contributed by atoms with E-state index in [0.29, 0.717) is 28.3 Å². The van der Waals surface area contributed by atoms with Gasteiger partial charge in [-0.3, -0.25) is 4.79 Å². The van der Waals surface area contributed by atoms with Crippen molar-refractivity contribution < 1.29 is 4.79 Å². The van der Waals surface area contributed by atoms with E-state index in [4.69, 9.17) is 0 Å². The minimum absolute atomic E-state index is 0. The summed E-state index contributed by atoms with van der Waals surface area (Å²) in [7, 11) is 0. The van der Waals surface area contributed by atoms with Crippen LogP contribution in [0.1, 0.15) is 81.6 Å². The first kappa shape index (κ1) is 21.3. The largest absolute Gasteiger partial charge is 0.287 e. The van der Waals surface area contributed by atoms with E-state index in [1.165, 1.54) is 31.0 Å². The minimum Gasteiger partial charge on any atom is -0.287 e. The Labute approximate surface area is 126 Å². The van der Waals surface area contributed by atoms with Crippen LogP contribution >= 0.6 is 11.8 Å². The summed E-state index contributed by atoms with van der Waals surface area (Å²) in [6, 6.07) is 0. The highest BCUT2D eigenvalue weighted by molar-refractivity contribution is 8.13. The highest BCUT2D eigenvalue weighted by atomic mass is 32.2. The van der Waals surface area contributed by atoms with E-state index in [-0.39, 0.29) is 7.43 Å². The Balaban J connectivity index is 0. The van der Waals surface area contributed by atoms with Crippen molar-refractivity contribution in [2.45, 2.75) is 81.6 Å². The molecule has 0 rings (SSSR count). The quantitative estimate of drug-likeness (QED) is 0.581. The lowest BCUT2D eigenvalue weighted by atomic mass is 9.80. The van der Waals surface area contributed by atoms with Crippen molar-refractivity contribution in [1.82, 2.24) is 0 Å². The van der Waals surface area contributed by atoms with Gasteiger partial charge >= 0.3 is 0 Å². The van der Waals surface area contributed by atoms with Crippen LogP contribution in [0.2, 0.25) is 0 Å². The molecule has 19 heavy (non-hydrogen) atoms. The number of carbonyl (C=O) groups is 1. The molecule has 0 saturated heterocycles. The van der Waals surface area contributed by atoms with E-state index in [1.807, 2.05) is 6.92 Å². The Kier molecular flexibility index (Phi) is 10.2.